The maximum absolute atomic E-state index is 11.6. The van der Waals surface area contributed by atoms with Gasteiger partial charge >= 0.3 is 6.09 Å². The Morgan fingerprint density at radius 3 is 2.83 bits per heavy atom. The molecule has 0 aromatic carbocycles. The third-order valence-corrected chi connectivity index (χ3v) is 2.67. The van der Waals surface area contributed by atoms with E-state index in [4.69, 9.17) is 15.6 Å². The molecule has 0 aliphatic carbocycles. The summed E-state index contributed by atoms with van der Waals surface area (Å²) in [5.74, 6) is 0. The van der Waals surface area contributed by atoms with Crippen molar-refractivity contribution < 1.29 is 14.6 Å². The summed E-state index contributed by atoms with van der Waals surface area (Å²) in [5.41, 5.74) is 4.87. The van der Waals surface area contributed by atoms with E-state index in [0.717, 1.165) is 19.4 Å². The zero-order valence-corrected chi connectivity index (χ0v) is 11.5. The van der Waals surface area contributed by atoms with Crippen LogP contribution in [0.2, 0.25) is 0 Å². The van der Waals surface area contributed by atoms with Crippen molar-refractivity contribution >= 4 is 6.09 Å². The van der Waals surface area contributed by atoms with Crippen LogP contribution in [0.1, 0.15) is 33.6 Å². The lowest BCUT2D eigenvalue weighted by atomic mass is 10.1. The molecule has 106 valence electrons. The number of amides is 1. The molecule has 0 bridgehead atoms. The number of nitrogens with zero attached hydrogens (tertiary/aromatic N) is 1. The summed E-state index contributed by atoms with van der Waals surface area (Å²) in [4.78, 5) is 13.7. The van der Waals surface area contributed by atoms with E-state index in [1.807, 2.05) is 20.8 Å². The predicted molar refractivity (Wildman–Crippen MR) is 69.0 cm³/mol. The van der Waals surface area contributed by atoms with Crippen LogP contribution in [0.5, 0.6) is 0 Å². The van der Waals surface area contributed by atoms with Gasteiger partial charge in [0.15, 0.2) is 0 Å². The molecule has 0 radical (unpaired) electrons. The molecule has 0 spiro atoms. The summed E-state index contributed by atoms with van der Waals surface area (Å²) in [5, 5.41) is 12.0. The molecule has 0 saturated carbocycles. The Balaban J connectivity index is 2.36. The number of carbonyl (C=O) groups is 1. The molecule has 6 heteroatoms. The van der Waals surface area contributed by atoms with Crippen LogP contribution >= 0.6 is 0 Å². The number of likely N-dealkylation sites (tertiary alicyclic amines) is 1. The molecule has 1 aliphatic heterocycles. The van der Waals surface area contributed by atoms with Gasteiger partial charge in [-0.1, -0.05) is 0 Å². The maximum Gasteiger partial charge on any atom is 0.407 e. The number of aliphatic hydroxyl groups excluding tert-OH is 1. The van der Waals surface area contributed by atoms with Gasteiger partial charge in [-0.25, -0.2) is 4.79 Å². The Labute approximate surface area is 108 Å². The van der Waals surface area contributed by atoms with Crippen LogP contribution in [0.3, 0.4) is 0 Å². The van der Waals surface area contributed by atoms with Crippen molar-refractivity contribution in [1.82, 2.24) is 10.2 Å². The van der Waals surface area contributed by atoms with E-state index in [1.165, 1.54) is 0 Å². The molecule has 0 unspecified atom stereocenters. The largest absolute Gasteiger partial charge is 0.444 e. The number of hydrogen-bond acceptors (Lipinski definition) is 5. The summed E-state index contributed by atoms with van der Waals surface area (Å²) in [7, 11) is 0. The van der Waals surface area contributed by atoms with Crippen molar-refractivity contribution in [3.8, 4) is 0 Å². The van der Waals surface area contributed by atoms with E-state index in [9.17, 15) is 4.79 Å². The third kappa shape index (κ3) is 6.18. The Bertz CT molecular complexity index is 276. The minimum atomic E-state index is -0.828. The quantitative estimate of drug-likeness (QED) is 0.632. The molecule has 0 aromatic rings. The van der Waals surface area contributed by atoms with E-state index in [-0.39, 0.29) is 12.1 Å². The van der Waals surface area contributed by atoms with E-state index in [1.54, 1.807) is 0 Å². The second kappa shape index (κ2) is 6.36. The predicted octanol–water partition coefficient (Wildman–Crippen LogP) is 0.253. The van der Waals surface area contributed by atoms with Crippen molar-refractivity contribution in [2.45, 2.75) is 51.5 Å². The third-order valence-electron chi connectivity index (χ3n) is 2.67. The van der Waals surface area contributed by atoms with Crippen molar-refractivity contribution in [3.05, 3.63) is 0 Å². The van der Waals surface area contributed by atoms with Crippen LogP contribution in [0.4, 0.5) is 4.79 Å². The smallest absolute Gasteiger partial charge is 0.407 e. The molecule has 1 rings (SSSR count). The average Bonchev–Trinajstić information content (AvgIpc) is 2.13. The van der Waals surface area contributed by atoms with E-state index in [0.29, 0.717) is 13.1 Å². The summed E-state index contributed by atoms with van der Waals surface area (Å²) in [6.07, 6.45) is 0.691. The Kier molecular flexibility index (Phi) is 5.37. The van der Waals surface area contributed by atoms with Gasteiger partial charge in [0.05, 0.1) is 0 Å². The summed E-state index contributed by atoms with van der Waals surface area (Å²) in [6.45, 7) is 7.56. The van der Waals surface area contributed by atoms with Gasteiger partial charge in [-0.15, -0.1) is 0 Å². The molecular weight excluding hydrogens is 234 g/mol. The standard InChI is InChI=1S/C12H25N3O3/c1-12(2,3)18-11(17)14-9-5-4-6-15(7-9)8-10(13)16/h9-10,16H,4-8,13H2,1-3H3,(H,14,17)/t9-,10-/m1/s1. The first kappa shape index (κ1) is 15.2. The number of nitrogens with one attached hydrogen (secondary N) is 1. The van der Waals surface area contributed by atoms with Gasteiger partial charge in [-0.3, -0.25) is 4.90 Å². The highest BCUT2D eigenvalue weighted by atomic mass is 16.6. The topological polar surface area (TPSA) is 87.8 Å². The van der Waals surface area contributed by atoms with Gasteiger partial charge in [-0.2, -0.15) is 0 Å². The second-order valence-electron chi connectivity index (χ2n) is 5.81. The normalized spacial score (nSPS) is 23.5. The fourth-order valence-corrected chi connectivity index (χ4v) is 2.08. The monoisotopic (exact) mass is 259 g/mol. The molecule has 1 heterocycles. The zero-order valence-electron chi connectivity index (χ0n) is 11.5. The van der Waals surface area contributed by atoms with Crippen LogP contribution < -0.4 is 11.1 Å². The minimum absolute atomic E-state index is 0.0624. The number of rotatable bonds is 3. The van der Waals surface area contributed by atoms with Crippen LogP contribution in [0, 0.1) is 0 Å². The second-order valence-corrected chi connectivity index (χ2v) is 5.81. The highest BCUT2D eigenvalue weighted by Gasteiger charge is 2.24. The molecule has 18 heavy (non-hydrogen) atoms. The molecule has 1 aliphatic rings. The van der Waals surface area contributed by atoms with Crippen LogP contribution in [-0.4, -0.2) is 53.6 Å². The zero-order chi connectivity index (χ0) is 13.8. The lowest BCUT2D eigenvalue weighted by Gasteiger charge is -2.34. The minimum Gasteiger partial charge on any atom is -0.444 e. The number of nitrogens with two attached hydrogens (primary N) is 1. The number of β-amino-alcohol motifs (C(OH)–C–C–N with tert-alkyl or cyclic N) is 1. The van der Waals surface area contributed by atoms with E-state index < -0.39 is 11.8 Å². The first-order valence-corrected chi connectivity index (χ1v) is 6.42. The van der Waals surface area contributed by atoms with Crippen LogP contribution in [-0.2, 0) is 4.74 Å². The van der Waals surface area contributed by atoms with Crippen molar-refractivity contribution in [1.29, 1.82) is 0 Å². The van der Waals surface area contributed by atoms with Crippen LogP contribution in [0.25, 0.3) is 0 Å². The van der Waals surface area contributed by atoms with Gasteiger partial charge in [0.25, 0.3) is 0 Å². The Morgan fingerprint density at radius 1 is 1.61 bits per heavy atom. The van der Waals surface area contributed by atoms with Gasteiger partial charge < -0.3 is 20.9 Å². The summed E-state index contributed by atoms with van der Waals surface area (Å²) < 4.78 is 5.21. The number of hydrogen-bond donors (Lipinski definition) is 3. The number of aliphatic hydroxyl groups is 1. The average molecular weight is 259 g/mol. The fourth-order valence-electron chi connectivity index (χ4n) is 2.08. The van der Waals surface area contributed by atoms with E-state index >= 15 is 0 Å². The van der Waals surface area contributed by atoms with E-state index in [2.05, 4.69) is 10.2 Å². The molecule has 6 nitrogen and oxygen atoms in total. The van der Waals surface area contributed by atoms with Crippen molar-refractivity contribution in [2.24, 2.45) is 5.73 Å². The van der Waals surface area contributed by atoms with Crippen molar-refractivity contribution in [3.63, 3.8) is 0 Å². The first-order valence-electron chi connectivity index (χ1n) is 6.42. The Morgan fingerprint density at radius 2 is 2.28 bits per heavy atom. The van der Waals surface area contributed by atoms with Crippen LogP contribution in [0.15, 0.2) is 0 Å². The molecule has 4 N–H and O–H groups in total. The lowest BCUT2D eigenvalue weighted by Crippen LogP contribution is -2.51. The molecule has 1 fully saturated rings. The molecule has 2 atom stereocenters. The highest BCUT2D eigenvalue weighted by molar-refractivity contribution is 5.68. The van der Waals surface area contributed by atoms with Gasteiger partial charge in [-0.05, 0) is 40.2 Å². The van der Waals surface area contributed by atoms with Crippen molar-refractivity contribution in [2.75, 3.05) is 19.6 Å². The fraction of sp³-hybridized carbons (Fsp3) is 0.917. The highest BCUT2D eigenvalue weighted by Crippen LogP contribution is 2.12. The SMILES string of the molecule is CC(C)(C)OC(=O)N[C@@H]1CCCN(C[C@H](N)O)C1. The maximum atomic E-state index is 11.6. The molecule has 0 aromatic heterocycles. The number of carbonyl (C=O) groups excluding carboxylic acids is 1. The number of piperidine rings is 1. The molecule has 1 saturated heterocycles. The first-order chi connectivity index (χ1) is 8.26. The molecular formula is C12H25N3O3. The number of ether oxygens (including phenoxy) is 1. The summed E-state index contributed by atoms with van der Waals surface area (Å²) >= 11 is 0. The lowest BCUT2D eigenvalue weighted by molar-refractivity contribution is 0.0450. The van der Waals surface area contributed by atoms with Gasteiger partial charge in [0.2, 0.25) is 0 Å². The number of alkyl carbamates (subject to hydrolysis) is 1. The van der Waals surface area contributed by atoms with Gasteiger partial charge in [0, 0.05) is 19.1 Å². The summed E-state index contributed by atoms with van der Waals surface area (Å²) in [6, 6.07) is 0.0624. The Hall–Kier alpha value is -0.850. The molecule has 1 amide bonds. The van der Waals surface area contributed by atoms with Gasteiger partial charge in [0.1, 0.15) is 11.8 Å².